The lowest BCUT2D eigenvalue weighted by Crippen LogP contribution is -2.28. The molecule has 0 saturated carbocycles. The number of fused-ring (bicyclic) bond motifs is 1. The minimum absolute atomic E-state index is 0.0241. The first-order valence-electron chi connectivity index (χ1n) is 10.0. The summed E-state index contributed by atoms with van der Waals surface area (Å²) in [7, 11) is 0. The van der Waals surface area contributed by atoms with Gasteiger partial charge in [0.15, 0.2) is 0 Å². The molecule has 29 heavy (non-hydrogen) atoms. The lowest BCUT2D eigenvalue weighted by atomic mass is 9.91. The zero-order valence-electron chi connectivity index (χ0n) is 16.9. The Kier molecular flexibility index (Phi) is 8.08. The normalized spacial score (nSPS) is 22.0. The second kappa shape index (κ2) is 10.3. The van der Waals surface area contributed by atoms with Crippen LogP contribution in [0.3, 0.4) is 0 Å². The van der Waals surface area contributed by atoms with Crippen LogP contribution < -0.4 is 0 Å². The first kappa shape index (κ1) is 22.7. The zero-order chi connectivity index (χ0) is 21.6. The Bertz CT molecular complexity index is 797. The number of esters is 1. The molecule has 0 amide bonds. The molecule has 1 aromatic rings. The van der Waals surface area contributed by atoms with Crippen LogP contribution in [0.15, 0.2) is 12.1 Å². The van der Waals surface area contributed by atoms with Gasteiger partial charge < -0.3 is 14.9 Å². The van der Waals surface area contributed by atoms with Crippen LogP contribution in [0.25, 0.3) is 0 Å². The van der Waals surface area contributed by atoms with Crippen molar-refractivity contribution in [3.8, 4) is 5.75 Å². The largest absolute Gasteiger partial charge is 0.507 e. The third-order valence-electron chi connectivity index (χ3n) is 5.45. The molecular formula is C22H28O7. The summed E-state index contributed by atoms with van der Waals surface area (Å²) in [6.45, 7) is 3.46. The molecule has 0 spiro atoms. The third-order valence-corrected chi connectivity index (χ3v) is 5.45. The number of aryl methyl sites for hydroxylation is 1. The van der Waals surface area contributed by atoms with Crippen LogP contribution in [0.2, 0.25) is 0 Å². The number of ether oxygens (including phenoxy) is 1. The van der Waals surface area contributed by atoms with Gasteiger partial charge in [-0.1, -0.05) is 13.0 Å². The first-order valence-corrected chi connectivity index (χ1v) is 10.0. The molecule has 1 heterocycles. The van der Waals surface area contributed by atoms with E-state index in [0.717, 1.165) is 5.56 Å². The van der Waals surface area contributed by atoms with Gasteiger partial charge in [-0.25, -0.2) is 4.79 Å². The molecule has 1 aliphatic heterocycles. The van der Waals surface area contributed by atoms with Gasteiger partial charge in [-0.05, 0) is 62.1 Å². The van der Waals surface area contributed by atoms with Crippen molar-refractivity contribution in [2.24, 2.45) is 5.92 Å². The fourth-order valence-electron chi connectivity index (χ4n) is 3.44. The highest BCUT2D eigenvalue weighted by Crippen LogP contribution is 2.29. The molecule has 2 N–H and O–H groups in total. The fraction of sp³-hybridized carbons (Fsp3) is 0.545. The number of phenols is 1. The van der Waals surface area contributed by atoms with Crippen molar-refractivity contribution in [2.45, 2.75) is 64.9 Å². The number of ketones is 3. The van der Waals surface area contributed by atoms with Crippen molar-refractivity contribution in [1.82, 2.24) is 0 Å². The molecular weight excluding hydrogens is 376 g/mol. The molecule has 158 valence electrons. The topological polar surface area (TPSA) is 118 Å². The number of benzene rings is 1. The Morgan fingerprint density at radius 2 is 1.72 bits per heavy atom. The molecule has 1 aliphatic rings. The van der Waals surface area contributed by atoms with Crippen molar-refractivity contribution in [1.29, 1.82) is 0 Å². The number of carbonyl (C=O) groups is 4. The van der Waals surface area contributed by atoms with Gasteiger partial charge >= 0.3 is 5.97 Å². The van der Waals surface area contributed by atoms with Gasteiger partial charge in [-0.15, -0.1) is 0 Å². The van der Waals surface area contributed by atoms with E-state index >= 15 is 0 Å². The van der Waals surface area contributed by atoms with E-state index < -0.39 is 29.4 Å². The Hall–Kier alpha value is -2.54. The zero-order valence-corrected chi connectivity index (χ0v) is 16.9. The van der Waals surface area contributed by atoms with Gasteiger partial charge in [-0.2, -0.15) is 0 Å². The number of aliphatic hydroxyl groups is 1. The van der Waals surface area contributed by atoms with Gasteiger partial charge in [-0.3, -0.25) is 14.4 Å². The summed E-state index contributed by atoms with van der Waals surface area (Å²) in [4.78, 5) is 48.9. The summed E-state index contributed by atoms with van der Waals surface area (Å²) in [6.07, 6.45) is 1.06. The molecule has 0 saturated heterocycles. The fourth-order valence-corrected chi connectivity index (χ4v) is 3.44. The van der Waals surface area contributed by atoms with Crippen molar-refractivity contribution < 1.29 is 34.1 Å². The summed E-state index contributed by atoms with van der Waals surface area (Å²) in [5, 5.41) is 19.5. The molecule has 0 fully saturated rings. The van der Waals surface area contributed by atoms with Crippen molar-refractivity contribution in [3.05, 3.63) is 28.8 Å². The van der Waals surface area contributed by atoms with E-state index in [4.69, 9.17) is 9.84 Å². The number of hydrogen-bond acceptors (Lipinski definition) is 7. The summed E-state index contributed by atoms with van der Waals surface area (Å²) < 4.78 is 5.55. The van der Waals surface area contributed by atoms with Crippen LogP contribution in [0.5, 0.6) is 5.75 Å². The molecule has 2 atom stereocenters. The van der Waals surface area contributed by atoms with Crippen LogP contribution in [0, 0.1) is 5.92 Å². The SMILES string of the molecule is C[C@@H]1OC(=O)c2c(O)ccc(CCCO)c2CCCC(=O)C(=O)C(=O)CC[C@@H]1C. The van der Waals surface area contributed by atoms with Crippen LogP contribution in [0.4, 0.5) is 0 Å². The maximum Gasteiger partial charge on any atom is 0.342 e. The summed E-state index contributed by atoms with van der Waals surface area (Å²) in [6, 6.07) is 3.11. The van der Waals surface area contributed by atoms with Gasteiger partial charge in [0.1, 0.15) is 17.4 Å². The van der Waals surface area contributed by atoms with Crippen molar-refractivity contribution in [2.75, 3.05) is 6.61 Å². The molecule has 0 unspecified atom stereocenters. The molecule has 0 radical (unpaired) electrons. The second-order valence-electron chi connectivity index (χ2n) is 7.58. The molecule has 7 nitrogen and oxygen atoms in total. The van der Waals surface area contributed by atoms with E-state index in [2.05, 4.69) is 0 Å². The standard InChI is InChI=1S/C22H28O7/c1-13-8-10-19(26)21(27)18(25)7-3-6-16-15(5-4-12-23)9-11-17(24)20(16)22(28)29-14(13)2/h9,11,13-14,23-24H,3-8,10,12H2,1-2H3/t13-,14-/m0/s1. The van der Waals surface area contributed by atoms with Crippen LogP contribution in [-0.4, -0.2) is 46.2 Å². The molecule has 0 aliphatic carbocycles. The Labute approximate surface area is 170 Å². The molecule has 0 bridgehead atoms. The van der Waals surface area contributed by atoms with E-state index in [-0.39, 0.29) is 49.5 Å². The summed E-state index contributed by atoms with van der Waals surface area (Å²) in [5.74, 6) is -3.49. The van der Waals surface area contributed by atoms with Gasteiger partial charge in [0, 0.05) is 19.4 Å². The van der Waals surface area contributed by atoms with Gasteiger partial charge in [0.05, 0.1) is 0 Å². The average Bonchev–Trinajstić information content (AvgIpc) is 2.69. The van der Waals surface area contributed by atoms with Crippen molar-refractivity contribution in [3.63, 3.8) is 0 Å². The molecule has 1 aromatic carbocycles. The number of aliphatic hydroxyl groups excluding tert-OH is 1. The highest BCUT2D eigenvalue weighted by atomic mass is 16.5. The number of Topliss-reactive ketones (excluding diaryl/α,β-unsaturated/α-hetero) is 3. The predicted octanol–water partition coefficient (Wildman–Crippen LogP) is 2.32. The Morgan fingerprint density at radius 1 is 1.03 bits per heavy atom. The Morgan fingerprint density at radius 3 is 2.41 bits per heavy atom. The van der Waals surface area contributed by atoms with E-state index in [1.54, 1.807) is 19.9 Å². The van der Waals surface area contributed by atoms with E-state index in [1.807, 2.05) is 0 Å². The number of aromatic hydroxyl groups is 1. The van der Waals surface area contributed by atoms with E-state index in [0.29, 0.717) is 24.8 Å². The number of cyclic esters (lactones) is 1. The van der Waals surface area contributed by atoms with Crippen LogP contribution in [-0.2, 0) is 32.0 Å². The van der Waals surface area contributed by atoms with E-state index in [1.165, 1.54) is 6.07 Å². The molecule has 7 heteroatoms. The van der Waals surface area contributed by atoms with Gasteiger partial charge in [0.25, 0.3) is 5.78 Å². The maximum absolute atomic E-state index is 12.8. The first-order chi connectivity index (χ1) is 13.8. The predicted molar refractivity (Wildman–Crippen MR) is 105 cm³/mol. The third kappa shape index (κ3) is 5.73. The highest BCUT2D eigenvalue weighted by molar-refractivity contribution is 6.63. The molecule has 2 rings (SSSR count). The smallest absolute Gasteiger partial charge is 0.342 e. The van der Waals surface area contributed by atoms with E-state index in [9.17, 15) is 24.3 Å². The maximum atomic E-state index is 12.8. The number of carbonyl (C=O) groups excluding carboxylic acids is 4. The Balaban J connectivity index is 2.43. The van der Waals surface area contributed by atoms with Crippen LogP contribution in [0.1, 0.15) is 67.4 Å². The number of hydrogen-bond donors (Lipinski definition) is 2. The number of rotatable bonds is 3. The monoisotopic (exact) mass is 404 g/mol. The van der Waals surface area contributed by atoms with Crippen molar-refractivity contribution >= 4 is 23.3 Å². The molecule has 0 aromatic heterocycles. The lowest BCUT2D eigenvalue weighted by Gasteiger charge is -2.22. The minimum Gasteiger partial charge on any atom is -0.507 e. The minimum atomic E-state index is -0.976. The lowest BCUT2D eigenvalue weighted by molar-refractivity contribution is -0.144. The average molecular weight is 404 g/mol. The summed E-state index contributed by atoms with van der Waals surface area (Å²) in [5.41, 5.74) is 1.38. The number of phenolic OH excluding ortho intramolecular Hbond substituents is 1. The second-order valence-corrected chi connectivity index (χ2v) is 7.58. The van der Waals surface area contributed by atoms with Gasteiger partial charge in [0.2, 0.25) is 11.6 Å². The van der Waals surface area contributed by atoms with Crippen LogP contribution >= 0.6 is 0 Å². The highest BCUT2D eigenvalue weighted by Gasteiger charge is 2.28. The summed E-state index contributed by atoms with van der Waals surface area (Å²) >= 11 is 0. The quantitative estimate of drug-likeness (QED) is 0.586.